The topological polar surface area (TPSA) is 79.8 Å². The molecule has 1 saturated heterocycles. The molecule has 9 heteroatoms. The Bertz CT molecular complexity index is 668. The molecule has 9 nitrogen and oxygen atoms in total. The number of aliphatic imine (C=N–C) groups is 2. The third kappa shape index (κ3) is 5.72. The predicted octanol–water partition coefficient (Wildman–Crippen LogP) is 0.192. The fourth-order valence-electron chi connectivity index (χ4n) is 4.49. The molecule has 1 fully saturated rings. The highest BCUT2D eigenvalue weighted by atomic mass is 16.5. The Kier molecular flexibility index (Phi) is 7.59. The molecule has 168 valence electrons. The van der Waals surface area contributed by atoms with E-state index < -0.39 is 0 Å². The van der Waals surface area contributed by atoms with Crippen molar-refractivity contribution in [3.05, 3.63) is 11.3 Å². The van der Waals surface area contributed by atoms with Crippen molar-refractivity contribution in [1.82, 2.24) is 30.9 Å². The average Bonchev–Trinajstić information content (AvgIpc) is 3.15. The number of rotatable bonds is 9. The van der Waals surface area contributed by atoms with E-state index in [0.717, 1.165) is 83.8 Å². The van der Waals surface area contributed by atoms with E-state index in [0.29, 0.717) is 6.04 Å². The number of hydrogen-bond acceptors (Lipinski definition) is 9. The van der Waals surface area contributed by atoms with Crippen LogP contribution >= 0.6 is 0 Å². The minimum Gasteiger partial charge on any atom is -0.379 e. The van der Waals surface area contributed by atoms with Crippen LogP contribution in [0.1, 0.15) is 32.1 Å². The second kappa shape index (κ2) is 10.6. The highest BCUT2D eigenvalue weighted by Crippen LogP contribution is 2.30. The summed E-state index contributed by atoms with van der Waals surface area (Å²) in [5, 5.41) is 9.25. The van der Waals surface area contributed by atoms with Crippen LogP contribution in [0.4, 0.5) is 0 Å². The van der Waals surface area contributed by atoms with Gasteiger partial charge in [0.25, 0.3) is 0 Å². The molecule has 3 N–H and O–H groups in total. The summed E-state index contributed by atoms with van der Waals surface area (Å²) in [5.41, 5.74) is 6.06. The van der Waals surface area contributed by atoms with Crippen LogP contribution in [0.3, 0.4) is 0 Å². The molecule has 4 aliphatic rings. The van der Waals surface area contributed by atoms with Crippen molar-refractivity contribution >= 4 is 11.9 Å². The standard InChI is InChI=1S/C21H38N8O/c1-27(2)10-4-9-23-20-25-21-24-19-17(16-29(21)26-20)6-3-7-18(19)22-8-5-11-28-12-14-30-15-13-28/h18,22H,3-16H2,1-2H3,(H2,23,24,25,26). The van der Waals surface area contributed by atoms with E-state index in [9.17, 15) is 0 Å². The summed E-state index contributed by atoms with van der Waals surface area (Å²) < 4.78 is 5.43. The van der Waals surface area contributed by atoms with Gasteiger partial charge >= 0.3 is 0 Å². The second-order valence-electron chi connectivity index (χ2n) is 8.85. The van der Waals surface area contributed by atoms with Gasteiger partial charge in [-0.1, -0.05) is 0 Å². The lowest BCUT2D eigenvalue weighted by atomic mass is 9.91. The molecule has 0 amide bonds. The molecule has 1 atom stereocenters. The van der Waals surface area contributed by atoms with Gasteiger partial charge in [0.05, 0.1) is 25.5 Å². The molecule has 30 heavy (non-hydrogen) atoms. The van der Waals surface area contributed by atoms with Gasteiger partial charge in [0.2, 0.25) is 11.9 Å². The number of fused-ring (bicyclic) bond motifs is 1. The molecular formula is C21H38N8O. The van der Waals surface area contributed by atoms with E-state index in [2.05, 4.69) is 50.0 Å². The Morgan fingerprint density at radius 3 is 2.87 bits per heavy atom. The number of guanidine groups is 2. The van der Waals surface area contributed by atoms with Gasteiger partial charge in [-0.25, -0.2) is 10.0 Å². The van der Waals surface area contributed by atoms with Gasteiger partial charge in [-0.05, 0) is 71.4 Å². The minimum absolute atomic E-state index is 0.361. The lowest BCUT2D eigenvalue weighted by Crippen LogP contribution is -2.47. The number of hydrogen-bond donors (Lipinski definition) is 3. The summed E-state index contributed by atoms with van der Waals surface area (Å²) in [5.74, 6) is 1.62. The normalized spacial score (nSPS) is 24.4. The zero-order valence-electron chi connectivity index (χ0n) is 18.6. The van der Waals surface area contributed by atoms with Gasteiger partial charge < -0.3 is 20.3 Å². The largest absolute Gasteiger partial charge is 0.379 e. The first-order chi connectivity index (χ1) is 14.7. The summed E-state index contributed by atoms with van der Waals surface area (Å²) >= 11 is 0. The second-order valence-corrected chi connectivity index (χ2v) is 8.85. The monoisotopic (exact) mass is 418 g/mol. The first kappa shape index (κ1) is 21.5. The molecular weight excluding hydrogens is 380 g/mol. The van der Waals surface area contributed by atoms with Gasteiger partial charge in [0.15, 0.2) is 0 Å². The smallest absolute Gasteiger partial charge is 0.248 e. The molecule has 0 aromatic carbocycles. The fourth-order valence-corrected chi connectivity index (χ4v) is 4.49. The summed E-state index contributed by atoms with van der Waals surface area (Å²) in [4.78, 5) is 14.3. The van der Waals surface area contributed by atoms with E-state index in [4.69, 9.17) is 9.73 Å². The van der Waals surface area contributed by atoms with Gasteiger partial charge in [-0.3, -0.25) is 10.3 Å². The van der Waals surface area contributed by atoms with E-state index in [-0.39, 0.29) is 0 Å². The summed E-state index contributed by atoms with van der Waals surface area (Å²) in [6.45, 7) is 8.93. The van der Waals surface area contributed by atoms with Crippen LogP contribution in [0.2, 0.25) is 0 Å². The van der Waals surface area contributed by atoms with Crippen LogP contribution in [0.25, 0.3) is 0 Å². The molecule has 0 aromatic heterocycles. The summed E-state index contributed by atoms with van der Waals surface area (Å²) in [7, 11) is 4.20. The Morgan fingerprint density at radius 2 is 2.03 bits per heavy atom. The number of hydrazine groups is 1. The molecule has 0 aromatic rings. The van der Waals surface area contributed by atoms with Crippen LogP contribution in [-0.4, -0.2) is 106 Å². The van der Waals surface area contributed by atoms with Gasteiger partial charge in [0, 0.05) is 25.7 Å². The molecule has 1 aliphatic carbocycles. The van der Waals surface area contributed by atoms with Crippen molar-refractivity contribution in [3.8, 4) is 0 Å². The lowest BCUT2D eigenvalue weighted by molar-refractivity contribution is 0.0374. The zero-order chi connectivity index (χ0) is 20.8. The van der Waals surface area contributed by atoms with E-state index in [1.54, 1.807) is 0 Å². The predicted molar refractivity (Wildman–Crippen MR) is 120 cm³/mol. The molecule has 0 saturated carbocycles. The first-order valence-corrected chi connectivity index (χ1v) is 11.5. The molecule has 0 spiro atoms. The molecule has 0 radical (unpaired) electrons. The van der Waals surface area contributed by atoms with Crippen molar-refractivity contribution in [1.29, 1.82) is 0 Å². The van der Waals surface area contributed by atoms with Crippen molar-refractivity contribution < 1.29 is 4.74 Å². The molecule has 1 unspecified atom stereocenters. The SMILES string of the molecule is CN(C)CCCNC1=NC2=NC3=C(CCCC3NCCCN3CCOCC3)CN2N1. The zero-order valence-corrected chi connectivity index (χ0v) is 18.6. The number of ether oxygens (including phenoxy) is 1. The number of nitrogens with zero attached hydrogens (tertiary/aromatic N) is 5. The molecule has 3 aliphatic heterocycles. The maximum atomic E-state index is 5.43. The Morgan fingerprint density at radius 1 is 1.17 bits per heavy atom. The van der Waals surface area contributed by atoms with E-state index >= 15 is 0 Å². The quantitative estimate of drug-likeness (QED) is 0.462. The van der Waals surface area contributed by atoms with Crippen molar-refractivity contribution in [3.63, 3.8) is 0 Å². The van der Waals surface area contributed by atoms with Crippen molar-refractivity contribution in [2.45, 2.75) is 38.1 Å². The van der Waals surface area contributed by atoms with E-state index in [1.807, 2.05) is 0 Å². The summed E-state index contributed by atoms with van der Waals surface area (Å²) in [6.07, 6.45) is 5.80. The van der Waals surface area contributed by atoms with Crippen LogP contribution < -0.4 is 16.1 Å². The third-order valence-corrected chi connectivity index (χ3v) is 6.15. The van der Waals surface area contributed by atoms with Crippen LogP contribution in [0, 0.1) is 0 Å². The third-order valence-electron chi connectivity index (χ3n) is 6.15. The maximum Gasteiger partial charge on any atom is 0.248 e. The Hall–Kier alpha value is -1.68. The van der Waals surface area contributed by atoms with Crippen molar-refractivity contribution in [2.75, 3.05) is 73.1 Å². The first-order valence-electron chi connectivity index (χ1n) is 11.5. The highest BCUT2D eigenvalue weighted by molar-refractivity contribution is 6.01. The van der Waals surface area contributed by atoms with Gasteiger partial charge in [0.1, 0.15) is 0 Å². The molecule has 3 heterocycles. The Labute approximate surface area is 180 Å². The highest BCUT2D eigenvalue weighted by Gasteiger charge is 2.32. The fraction of sp³-hybridized carbons (Fsp3) is 0.810. The maximum absolute atomic E-state index is 5.43. The van der Waals surface area contributed by atoms with Crippen LogP contribution in [0.15, 0.2) is 21.3 Å². The molecule has 4 rings (SSSR count). The van der Waals surface area contributed by atoms with Gasteiger partial charge in [-0.2, -0.15) is 4.99 Å². The van der Waals surface area contributed by atoms with Crippen LogP contribution in [0.5, 0.6) is 0 Å². The van der Waals surface area contributed by atoms with Gasteiger partial charge in [-0.15, -0.1) is 0 Å². The lowest BCUT2D eigenvalue weighted by Gasteiger charge is -2.33. The Balaban J connectivity index is 1.26. The average molecular weight is 419 g/mol. The molecule has 0 bridgehead atoms. The van der Waals surface area contributed by atoms with Crippen LogP contribution in [-0.2, 0) is 4.74 Å². The number of morpholine rings is 1. The summed E-state index contributed by atoms with van der Waals surface area (Å²) in [6, 6.07) is 0.361. The number of nitrogens with one attached hydrogen (secondary N) is 3. The van der Waals surface area contributed by atoms with E-state index in [1.165, 1.54) is 30.5 Å². The van der Waals surface area contributed by atoms with Crippen molar-refractivity contribution in [2.24, 2.45) is 9.98 Å². The minimum atomic E-state index is 0.361.